The van der Waals surface area contributed by atoms with Crippen LogP contribution in [0, 0.1) is 6.92 Å². The lowest BCUT2D eigenvalue weighted by Gasteiger charge is -1.92. The van der Waals surface area contributed by atoms with Gasteiger partial charge in [0.25, 0.3) is 0 Å². The smallest absolute Gasteiger partial charge is 0.137 e. The number of aromatic nitrogens is 2. The van der Waals surface area contributed by atoms with Crippen LogP contribution in [0.25, 0.3) is 11.0 Å². The molecule has 3 nitrogen and oxygen atoms in total. The highest BCUT2D eigenvalue weighted by Crippen LogP contribution is 2.19. The third-order valence-electron chi connectivity index (χ3n) is 2.05. The fourth-order valence-corrected chi connectivity index (χ4v) is 1.41. The molecule has 0 aliphatic heterocycles. The number of aliphatic hydroxyl groups excluding tert-OH is 1. The summed E-state index contributed by atoms with van der Waals surface area (Å²) in [5, 5.41) is 10.1. The first-order chi connectivity index (χ1) is 5.83. The Balaban J connectivity index is 2.81. The molecule has 0 aliphatic rings. The van der Waals surface area contributed by atoms with Crippen LogP contribution in [0.4, 0.5) is 0 Å². The van der Waals surface area contributed by atoms with Gasteiger partial charge in [0.05, 0.1) is 6.61 Å². The van der Waals surface area contributed by atoms with Crippen molar-refractivity contribution >= 4 is 11.0 Å². The average molecular weight is 162 g/mol. The van der Waals surface area contributed by atoms with E-state index in [1.165, 1.54) is 0 Å². The van der Waals surface area contributed by atoms with Crippen LogP contribution in [0.3, 0.4) is 0 Å². The van der Waals surface area contributed by atoms with Gasteiger partial charge in [-0.15, -0.1) is 0 Å². The summed E-state index contributed by atoms with van der Waals surface area (Å²) in [5.74, 6) is 0. The van der Waals surface area contributed by atoms with E-state index >= 15 is 0 Å². The summed E-state index contributed by atoms with van der Waals surface area (Å²) >= 11 is 0. The molecule has 2 N–H and O–H groups in total. The summed E-state index contributed by atoms with van der Waals surface area (Å²) in [7, 11) is 0. The summed E-state index contributed by atoms with van der Waals surface area (Å²) in [4.78, 5) is 7.25. The molecule has 3 heteroatoms. The zero-order valence-electron chi connectivity index (χ0n) is 6.83. The maximum Gasteiger partial charge on any atom is 0.137 e. The van der Waals surface area contributed by atoms with Crippen molar-refractivity contribution in [1.29, 1.82) is 0 Å². The fraction of sp³-hybridized carbons (Fsp3) is 0.222. The molecule has 2 aromatic heterocycles. The molecule has 12 heavy (non-hydrogen) atoms. The van der Waals surface area contributed by atoms with Gasteiger partial charge in [-0.25, -0.2) is 4.98 Å². The zero-order chi connectivity index (χ0) is 8.55. The predicted octanol–water partition coefficient (Wildman–Crippen LogP) is 1.36. The molecule has 0 fully saturated rings. The largest absolute Gasteiger partial charge is 0.392 e. The summed E-state index contributed by atoms with van der Waals surface area (Å²) in [6, 6.07) is 3.83. The van der Waals surface area contributed by atoms with Crippen molar-refractivity contribution in [3.05, 3.63) is 29.6 Å². The molecule has 0 bridgehead atoms. The molecule has 0 saturated carbocycles. The molecule has 0 atom stereocenters. The number of nitrogens with one attached hydrogen (secondary N) is 1. The van der Waals surface area contributed by atoms with Crippen LogP contribution in [0.5, 0.6) is 0 Å². The van der Waals surface area contributed by atoms with E-state index in [2.05, 4.69) is 9.97 Å². The van der Waals surface area contributed by atoms with Crippen molar-refractivity contribution in [1.82, 2.24) is 9.97 Å². The number of aromatic amines is 1. The number of aliphatic hydroxyl groups is 1. The van der Waals surface area contributed by atoms with Crippen LogP contribution in [-0.2, 0) is 6.61 Å². The second-order valence-corrected chi connectivity index (χ2v) is 2.79. The van der Waals surface area contributed by atoms with Gasteiger partial charge in [0, 0.05) is 22.8 Å². The van der Waals surface area contributed by atoms with Gasteiger partial charge < -0.3 is 10.1 Å². The first kappa shape index (κ1) is 7.31. The number of hydrogen-bond acceptors (Lipinski definition) is 2. The number of hydrogen-bond donors (Lipinski definition) is 2. The SMILES string of the molecule is Cc1[nH]c2ncccc2c1CO. The monoisotopic (exact) mass is 162 g/mol. The Kier molecular flexibility index (Phi) is 1.59. The summed E-state index contributed by atoms with van der Waals surface area (Å²) in [6.45, 7) is 2.00. The Morgan fingerprint density at radius 3 is 3.17 bits per heavy atom. The first-order valence-corrected chi connectivity index (χ1v) is 3.86. The van der Waals surface area contributed by atoms with Gasteiger partial charge in [-0.05, 0) is 19.1 Å². The standard InChI is InChI=1S/C9H10N2O/c1-6-8(5-12)7-3-2-4-10-9(7)11-6/h2-4,12H,5H2,1H3,(H,10,11). The molecule has 0 unspecified atom stereocenters. The van der Waals surface area contributed by atoms with Crippen molar-refractivity contribution < 1.29 is 5.11 Å². The molecule has 0 spiro atoms. The lowest BCUT2D eigenvalue weighted by Crippen LogP contribution is -1.83. The number of rotatable bonds is 1. The number of aryl methyl sites for hydroxylation is 1. The van der Waals surface area contributed by atoms with Crippen molar-refractivity contribution in [2.45, 2.75) is 13.5 Å². The normalized spacial score (nSPS) is 10.8. The highest BCUT2D eigenvalue weighted by atomic mass is 16.3. The van der Waals surface area contributed by atoms with Crippen LogP contribution in [-0.4, -0.2) is 15.1 Å². The van der Waals surface area contributed by atoms with E-state index in [-0.39, 0.29) is 6.61 Å². The Bertz CT molecular complexity index is 406. The fourth-order valence-electron chi connectivity index (χ4n) is 1.41. The van der Waals surface area contributed by atoms with E-state index in [1.54, 1.807) is 6.20 Å². The molecule has 0 aromatic carbocycles. The van der Waals surface area contributed by atoms with E-state index in [0.717, 1.165) is 22.3 Å². The molecule has 62 valence electrons. The van der Waals surface area contributed by atoms with Crippen LogP contribution >= 0.6 is 0 Å². The highest BCUT2D eigenvalue weighted by molar-refractivity contribution is 5.80. The van der Waals surface area contributed by atoms with Crippen molar-refractivity contribution in [2.24, 2.45) is 0 Å². The average Bonchev–Trinajstić information content (AvgIpc) is 2.40. The van der Waals surface area contributed by atoms with E-state index in [9.17, 15) is 0 Å². The van der Waals surface area contributed by atoms with Crippen molar-refractivity contribution in [2.75, 3.05) is 0 Å². The quantitative estimate of drug-likeness (QED) is 0.665. The third kappa shape index (κ3) is 0.905. The maximum atomic E-state index is 9.06. The van der Waals surface area contributed by atoms with Crippen LogP contribution in [0.2, 0.25) is 0 Å². The molecule has 2 heterocycles. The van der Waals surface area contributed by atoms with Gasteiger partial charge in [-0.2, -0.15) is 0 Å². The molecule has 0 radical (unpaired) electrons. The van der Waals surface area contributed by atoms with Crippen LogP contribution in [0.15, 0.2) is 18.3 Å². The zero-order valence-corrected chi connectivity index (χ0v) is 6.83. The second kappa shape index (κ2) is 2.60. The third-order valence-corrected chi connectivity index (χ3v) is 2.05. The molecule has 2 rings (SSSR count). The first-order valence-electron chi connectivity index (χ1n) is 3.86. The molecule has 0 aliphatic carbocycles. The molecular weight excluding hydrogens is 152 g/mol. The lowest BCUT2D eigenvalue weighted by atomic mass is 10.2. The highest BCUT2D eigenvalue weighted by Gasteiger charge is 2.05. The Morgan fingerprint density at radius 1 is 1.58 bits per heavy atom. The van der Waals surface area contributed by atoms with E-state index in [0.29, 0.717) is 0 Å². The lowest BCUT2D eigenvalue weighted by molar-refractivity contribution is 0.282. The van der Waals surface area contributed by atoms with Gasteiger partial charge in [0.15, 0.2) is 0 Å². The second-order valence-electron chi connectivity index (χ2n) is 2.79. The van der Waals surface area contributed by atoms with Gasteiger partial charge in [-0.1, -0.05) is 0 Å². The molecular formula is C9H10N2O. The molecule has 0 saturated heterocycles. The van der Waals surface area contributed by atoms with E-state index in [4.69, 9.17) is 5.11 Å². The van der Waals surface area contributed by atoms with Gasteiger partial charge >= 0.3 is 0 Å². The number of pyridine rings is 1. The molecule has 0 amide bonds. The number of nitrogens with zero attached hydrogens (tertiary/aromatic N) is 1. The van der Waals surface area contributed by atoms with E-state index < -0.39 is 0 Å². The predicted molar refractivity (Wildman–Crippen MR) is 46.8 cm³/mol. The van der Waals surface area contributed by atoms with Crippen molar-refractivity contribution in [3.63, 3.8) is 0 Å². The topological polar surface area (TPSA) is 48.9 Å². The van der Waals surface area contributed by atoms with E-state index in [1.807, 2.05) is 19.1 Å². The van der Waals surface area contributed by atoms with Crippen LogP contribution < -0.4 is 0 Å². The van der Waals surface area contributed by atoms with Crippen LogP contribution in [0.1, 0.15) is 11.3 Å². The van der Waals surface area contributed by atoms with Gasteiger partial charge in [-0.3, -0.25) is 0 Å². The van der Waals surface area contributed by atoms with Gasteiger partial charge in [0.1, 0.15) is 5.65 Å². The Labute approximate surface area is 70.1 Å². The Morgan fingerprint density at radius 2 is 2.42 bits per heavy atom. The summed E-state index contributed by atoms with van der Waals surface area (Å²) in [5.41, 5.74) is 2.78. The Hall–Kier alpha value is -1.35. The maximum absolute atomic E-state index is 9.06. The summed E-state index contributed by atoms with van der Waals surface area (Å²) in [6.07, 6.45) is 1.74. The summed E-state index contributed by atoms with van der Waals surface area (Å²) < 4.78 is 0. The molecule has 2 aromatic rings. The van der Waals surface area contributed by atoms with Crippen molar-refractivity contribution in [3.8, 4) is 0 Å². The minimum absolute atomic E-state index is 0.0670. The number of H-pyrrole nitrogens is 1. The minimum atomic E-state index is 0.0670. The van der Waals surface area contributed by atoms with Gasteiger partial charge in [0.2, 0.25) is 0 Å². The minimum Gasteiger partial charge on any atom is -0.392 e. The number of fused-ring (bicyclic) bond motifs is 1.